The molecule has 0 aliphatic carbocycles. The summed E-state index contributed by atoms with van der Waals surface area (Å²) in [5, 5.41) is 5.23. The van der Waals surface area contributed by atoms with E-state index in [1.165, 1.54) is 19.4 Å². The van der Waals surface area contributed by atoms with Crippen molar-refractivity contribution >= 4 is 34.4 Å². The number of carbonyl (C=O) groups excluding carboxylic acids is 3. The van der Waals surface area contributed by atoms with Gasteiger partial charge < -0.3 is 10.6 Å². The Balaban J connectivity index is 2.72. The maximum atomic E-state index is 12.2. The molecule has 0 fully saturated rings. The zero-order valence-corrected chi connectivity index (χ0v) is 14.1. The minimum absolute atomic E-state index is 0.0931. The lowest BCUT2D eigenvalue weighted by Crippen LogP contribution is -2.44. The summed E-state index contributed by atoms with van der Waals surface area (Å²) in [5.74, 6) is -0.00489. The molecule has 2 amide bonds. The molecular formula is C16H22N2O3S. The number of thioether (sulfide) groups is 1. The highest BCUT2D eigenvalue weighted by Gasteiger charge is 2.20. The van der Waals surface area contributed by atoms with Crippen LogP contribution in [0.1, 0.15) is 39.2 Å². The topological polar surface area (TPSA) is 75.3 Å². The number of carbonyl (C=O) groups is 3. The predicted octanol–water partition coefficient (Wildman–Crippen LogP) is 2.53. The standard InChI is InChI=1S/C16H22N2O3S/c1-10(2)13-5-7-14(8-6-13)18-16(21)15(17-11(3)19)9-22-12(4)20/h5-8,10,15H,9H2,1-4H3,(H,17,19)(H,18,21). The van der Waals surface area contributed by atoms with Crippen molar-refractivity contribution in [3.63, 3.8) is 0 Å². The van der Waals surface area contributed by atoms with Gasteiger partial charge in [-0.15, -0.1) is 0 Å². The summed E-state index contributed by atoms with van der Waals surface area (Å²) in [5.41, 5.74) is 1.85. The second-order valence-corrected chi connectivity index (χ2v) is 6.52. The molecule has 0 radical (unpaired) electrons. The van der Waals surface area contributed by atoms with Crippen molar-refractivity contribution in [3.8, 4) is 0 Å². The molecule has 1 atom stereocenters. The van der Waals surface area contributed by atoms with E-state index in [-0.39, 0.29) is 22.7 Å². The molecule has 0 spiro atoms. The number of anilines is 1. The van der Waals surface area contributed by atoms with Crippen molar-refractivity contribution in [2.24, 2.45) is 0 Å². The lowest BCUT2D eigenvalue weighted by molar-refractivity contribution is -0.124. The Hall–Kier alpha value is -1.82. The number of nitrogens with one attached hydrogen (secondary N) is 2. The summed E-state index contributed by atoms with van der Waals surface area (Å²) >= 11 is 1.01. The van der Waals surface area contributed by atoms with Crippen molar-refractivity contribution in [1.29, 1.82) is 0 Å². The second kappa shape index (κ2) is 8.58. The molecule has 1 unspecified atom stereocenters. The van der Waals surface area contributed by atoms with Crippen LogP contribution >= 0.6 is 11.8 Å². The number of rotatable bonds is 6. The zero-order valence-electron chi connectivity index (χ0n) is 13.3. The van der Waals surface area contributed by atoms with Gasteiger partial charge in [-0.25, -0.2) is 0 Å². The first-order valence-electron chi connectivity index (χ1n) is 7.11. The normalized spacial score (nSPS) is 11.9. The largest absolute Gasteiger partial charge is 0.344 e. The highest BCUT2D eigenvalue weighted by molar-refractivity contribution is 8.13. The van der Waals surface area contributed by atoms with E-state index in [0.717, 1.165) is 11.8 Å². The average molecular weight is 322 g/mol. The molecule has 1 aromatic carbocycles. The molecule has 0 heterocycles. The van der Waals surface area contributed by atoms with Crippen LogP contribution in [0.15, 0.2) is 24.3 Å². The summed E-state index contributed by atoms with van der Waals surface area (Å²) < 4.78 is 0. The van der Waals surface area contributed by atoms with Crippen LogP contribution < -0.4 is 10.6 Å². The molecule has 6 heteroatoms. The Morgan fingerprint density at radius 3 is 2.14 bits per heavy atom. The lowest BCUT2D eigenvalue weighted by atomic mass is 10.0. The minimum atomic E-state index is -0.740. The van der Waals surface area contributed by atoms with E-state index in [1.54, 1.807) is 0 Å². The van der Waals surface area contributed by atoms with Crippen LogP contribution in [0.2, 0.25) is 0 Å². The molecule has 0 aliphatic rings. The molecular weight excluding hydrogens is 300 g/mol. The quantitative estimate of drug-likeness (QED) is 0.844. The van der Waals surface area contributed by atoms with Crippen LogP contribution in [0.5, 0.6) is 0 Å². The molecule has 0 aliphatic heterocycles. The van der Waals surface area contributed by atoms with Crippen molar-refractivity contribution in [3.05, 3.63) is 29.8 Å². The van der Waals surface area contributed by atoms with Crippen LogP contribution in [0.3, 0.4) is 0 Å². The average Bonchev–Trinajstić information content (AvgIpc) is 2.43. The fourth-order valence-electron chi connectivity index (χ4n) is 1.81. The van der Waals surface area contributed by atoms with Gasteiger partial charge in [-0.3, -0.25) is 14.4 Å². The molecule has 0 bridgehead atoms. The molecule has 1 rings (SSSR count). The third-order valence-electron chi connectivity index (χ3n) is 2.99. The van der Waals surface area contributed by atoms with Crippen molar-refractivity contribution < 1.29 is 14.4 Å². The van der Waals surface area contributed by atoms with Gasteiger partial charge >= 0.3 is 0 Å². The van der Waals surface area contributed by atoms with Crippen LogP contribution in [0.4, 0.5) is 5.69 Å². The van der Waals surface area contributed by atoms with Gasteiger partial charge in [0, 0.05) is 25.3 Å². The first-order chi connectivity index (χ1) is 10.3. The Morgan fingerprint density at radius 2 is 1.68 bits per heavy atom. The molecule has 1 aromatic rings. The summed E-state index contributed by atoms with van der Waals surface area (Å²) in [6.45, 7) is 6.97. The third-order valence-corrected chi connectivity index (χ3v) is 3.90. The number of hydrogen-bond acceptors (Lipinski definition) is 4. The molecule has 0 saturated carbocycles. The Bertz CT molecular complexity index is 541. The first-order valence-corrected chi connectivity index (χ1v) is 8.09. The number of hydrogen-bond donors (Lipinski definition) is 2. The van der Waals surface area contributed by atoms with E-state index < -0.39 is 6.04 Å². The maximum absolute atomic E-state index is 12.2. The van der Waals surface area contributed by atoms with Gasteiger partial charge in [-0.1, -0.05) is 37.7 Å². The van der Waals surface area contributed by atoms with Crippen molar-refractivity contribution in [1.82, 2.24) is 5.32 Å². The van der Waals surface area contributed by atoms with Gasteiger partial charge in [0.15, 0.2) is 5.12 Å². The first kappa shape index (κ1) is 18.2. The summed E-state index contributed by atoms with van der Waals surface area (Å²) in [6.07, 6.45) is 0. The Kier molecular flexibility index (Phi) is 7.11. The third kappa shape index (κ3) is 6.30. The van der Waals surface area contributed by atoms with Gasteiger partial charge in [-0.05, 0) is 23.6 Å². The van der Waals surface area contributed by atoms with Crippen molar-refractivity contribution in [2.75, 3.05) is 11.1 Å². The zero-order chi connectivity index (χ0) is 16.7. The molecule has 2 N–H and O–H groups in total. The highest BCUT2D eigenvalue weighted by atomic mass is 32.2. The minimum Gasteiger partial charge on any atom is -0.344 e. The van der Waals surface area contributed by atoms with Gasteiger partial charge in [0.2, 0.25) is 11.8 Å². The van der Waals surface area contributed by atoms with Crippen LogP contribution in [0, 0.1) is 0 Å². The predicted molar refractivity (Wildman–Crippen MR) is 89.9 cm³/mol. The summed E-state index contributed by atoms with van der Waals surface area (Å²) in [4.78, 5) is 34.5. The second-order valence-electron chi connectivity index (χ2n) is 5.32. The van der Waals surface area contributed by atoms with Crippen LogP contribution in [-0.4, -0.2) is 28.7 Å². The van der Waals surface area contributed by atoms with Gasteiger partial charge in [-0.2, -0.15) is 0 Å². The van der Waals surface area contributed by atoms with Crippen molar-refractivity contribution in [2.45, 2.75) is 39.7 Å². The fourth-order valence-corrected chi connectivity index (χ4v) is 2.45. The molecule has 120 valence electrons. The molecule has 5 nitrogen and oxygen atoms in total. The summed E-state index contributed by atoms with van der Waals surface area (Å²) in [7, 11) is 0. The van der Waals surface area contributed by atoms with E-state index >= 15 is 0 Å². The van der Waals surface area contributed by atoms with Gasteiger partial charge in [0.1, 0.15) is 6.04 Å². The molecule has 0 aromatic heterocycles. The smallest absolute Gasteiger partial charge is 0.247 e. The van der Waals surface area contributed by atoms with Crippen LogP contribution in [0.25, 0.3) is 0 Å². The lowest BCUT2D eigenvalue weighted by Gasteiger charge is -2.17. The fraction of sp³-hybridized carbons (Fsp3) is 0.438. The van der Waals surface area contributed by atoms with Gasteiger partial charge in [0.05, 0.1) is 0 Å². The van der Waals surface area contributed by atoms with Gasteiger partial charge in [0.25, 0.3) is 0 Å². The molecule has 0 saturated heterocycles. The van der Waals surface area contributed by atoms with E-state index in [9.17, 15) is 14.4 Å². The van der Waals surface area contributed by atoms with E-state index in [4.69, 9.17) is 0 Å². The Labute approximate surface area is 135 Å². The highest BCUT2D eigenvalue weighted by Crippen LogP contribution is 2.17. The van der Waals surface area contributed by atoms with E-state index in [0.29, 0.717) is 11.6 Å². The van der Waals surface area contributed by atoms with E-state index in [2.05, 4.69) is 24.5 Å². The van der Waals surface area contributed by atoms with E-state index in [1.807, 2.05) is 24.3 Å². The van der Waals surface area contributed by atoms with Crippen LogP contribution in [-0.2, 0) is 14.4 Å². The SMILES string of the molecule is CC(=O)NC(CSC(C)=O)C(=O)Nc1ccc(C(C)C)cc1. The number of amides is 2. The number of benzene rings is 1. The molecule has 22 heavy (non-hydrogen) atoms. The monoisotopic (exact) mass is 322 g/mol. The maximum Gasteiger partial charge on any atom is 0.247 e. The summed E-state index contributed by atoms with van der Waals surface area (Å²) in [6, 6.07) is 6.83. The Morgan fingerprint density at radius 1 is 1.09 bits per heavy atom.